The predicted molar refractivity (Wildman–Crippen MR) is 105 cm³/mol. The van der Waals surface area contributed by atoms with E-state index in [1.165, 1.54) is 31.4 Å². The van der Waals surface area contributed by atoms with Crippen LogP contribution in [0.3, 0.4) is 0 Å². The molecule has 2 fully saturated rings. The van der Waals surface area contributed by atoms with E-state index in [-0.39, 0.29) is 12.1 Å². The highest BCUT2D eigenvalue weighted by atomic mass is 16.6. The number of hydrogen-bond acceptors (Lipinski definition) is 7. The Morgan fingerprint density at radius 3 is 2.68 bits per heavy atom. The zero-order valence-corrected chi connectivity index (χ0v) is 15.9. The summed E-state index contributed by atoms with van der Waals surface area (Å²) >= 11 is 0. The Morgan fingerprint density at radius 1 is 1.14 bits per heavy atom. The second kappa shape index (κ2) is 8.45. The van der Waals surface area contributed by atoms with Gasteiger partial charge < -0.3 is 21.1 Å². The lowest BCUT2D eigenvalue weighted by Gasteiger charge is -2.28. The maximum absolute atomic E-state index is 10.9. The Balaban J connectivity index is 1.31. The quantitative estimate of drug-likeness (QED) is 0.599. The number of amides is 1. The van der Waals surface area contributed by atoms with Crippen LogP contribution in [0.5, 0.6) is 0 Å². The van der Waals surface area contributed by atoms with Crippen LogP contribution in [0.2, 0.25) is 0 Å². The number of H-pyrrole nitrogens is 1. The molecule has 28 heavy (non-hydrogen) atoms. The van der Waals surface area contributed by atoms with Crippen molar-refractivity contribution in [1.82, 2.24) is 20.2 Å². The monoisotopic (exact) mass is 385 g/mol. The maximum atomic E-state index is 10.9. The molecule has 0 saturated heterocycles. The summed E-state index contributed by atoms with van der Waals surface area (Å²) in [4.78, 5) is 19.7. The van der Waals surface area contributed by atoms with E-state index < -0.39 is 6.09 Å². The number of nitrogens with one attached hydrogen (secondary N) is 3. The highest BCUT2D eigenvalue weighted by Crippen LogP contribution is 2.34. The van der Waals surface area contributed by atoms with Crippen LogP contribution in [0.15, 0.2) is 18.3 Å². The Labute approximate surface area is 163 Å². The number of carbonyl (C=O) groups is 1. The van der Waals surface area contributed by atoms with Crippen molar-refractivity contribution in [2.24, 2.45) is 5.73 Å². The minimum atomic E-state index is -0.701. The number of nitrogens with zero attached hydrogens (tertiary/aromatic N) is 3. The SMILES string of the molecule is NC(=O)OC1CCC(Nc2nccc(Nc3cc(C4CCCC4)[nH]n3)n2)CC1. The van der Waals surface area contributed by atoms with Crippen LogP contribution in [0.1, 0.15) is 63.0 Å². The molecule has 9 heteroatoms. The summed E-state index contributed by atoms with van der Waals surface area (Å²) in [7, 11) is 0. The third-order valence-electron chi connectivity index (χ3n) is 5.59. The highest BCUT2D eigenvalue weighted by Gasteiger charge is 2.24. The van der Waals surface area contributed by atoms with Gasteiger partial charge in [0, 0.05) is 29.9 Å². The van der Waals surface area contributed by atoms with Crippen molar-refractivity contribution in [3.05, 3.63) is 24.0 Å². The molecule has 9 nitrogen and oxygen atoms in total. The van der Waals surface area contributed by atoms with Crippen molar-refractivity contribution in [2.45, 2.75) is 69.4 Å². The van der Waals surface area contributed by atoms with Crippen molar-refractivity contribution in [3.63, 3.8) is 0 Å². The molecule has 0 radical (unpaired) electrons. The topological polar surface area (TPSA) is 131 Å². The van der Waals surface area contributed by atoms with Crippen LogP contribution in [0.25, 0.3) is 0 Å². The molecule has 0 bridgehead atoms. The Morgan fingerprint density at radius 2 is 1.93 bits per heavy atom. The summed E-state index contributed by atoms with van der Waals surface area (Å²) in [6.07, 6.45) is 9.33. The molecule has 5 N–H and O–H groups in total. The fourth-order valence-corrected chi connectivity index (χ4v) is 4.15. The first kappa shape index (κ1) is 18.5. The third-order valence-corrected chi connectivity index (χ3v) is 5.59. The summed E-state index contributed by atoms with van der Waals surface area (Å²) in [6.45, 7) is 0. The van der Waals surface area contributed by atoms with Crippen molar-refractivity contribution in [3.8, 4) is 0 Å². The summed E-state index contributed by atoms with van der Waals surface area (Å²) < 4.78 is 5.07. The van der Waals surface area contributed by atoms with Crippen molar-refractivity contribution < 1.29 is 9.53 Å². The molecule has 150 valence electrons. The summed E-state index contributed by atoms with van der Waals surface area (Å²) in [5, 5.41) is 14.1. The molecular weight excluding hydrogens is 358 g/mol. The number of aromatic amines is 1. The number of nitrogens with two attached hydrogens (primary N) is 1. The molecule has 0 unspecified atom stereocenters. The molecule has 2 aromatic rings. The average Bonchev–Trinajstić information content (AvgIpc) is 3.35. The standard InChI is InChI=1S/C19H27N7O2/c20-18(27)28-14-7-5-13(6-8-14)22-19-21-10-9-16(24-19)23-17-11-15(25-26-17)12-3-1-2-4-12/h9-14H,1-8H2,(H2,20,27)(H3,21,22,23,24,25,26). The van der Waals surface area contributed by atoms with Gasteiger partial charge >= 0.3 is 6.09 Å². The third kappa shape index (κ3) is 4.71. The van der Waals surface area contributed by atoms with E-state index in [1.807, 2.05) is 6.07 Å². The first-order valence-corrected chi connectivity index (χ1v) is 10.0. The zero-order valence-electron chi connectivity index (χ0n) is 15.9. The van der Waals surface area contributed by atoms with Crippen LogP contribution in [-0.4, -0.2) is 38.4 Å². The summed E-state index contributed by atoms with van der Waals surface area (Å²) in [5.74, 6) is 2.65. The summed E-state index contributed by atoms with van der Waals surface area (Å²) in [6, 6.07) is 4.15. The van der Waals surface area contributed by atoms with E-state index in [1.54, 1.807) is 6.20 Å². The van der Waals surface area contributed by atoms with Gasteiger partial charge in [0.1, 0.15) is 11.9 Å². The Kier molecular flexibility index (Phi) is 5.59. The Bertz CT molecular complexity index is 795. The lowest BCUT2D eigenvalue weighted by molar-refractivity contribution is 0.0805. The minimum absolute atomic E-state index is 0.0850. The van der Waals surface area contributed by atoms with Crippen LogP contribution in [-0.2, 0) is 4.74 Å². The van der Waals surface area contributed by atoms with Gasteiger partial charge in [0.2, 0.25) is 5.95 Å². The fraction of sp³-hybridized carbons (Fsp3) is 0.579. The zero-order chi connectivity index (χ0) is 19.3. The molecule has 2 aromatic heterocycles. The van der Waals surface area contributed by atoms with Crippen LogP contribution < -0.4 is 16.4 Å². The smallest absolute Gasteiger partial charge is 0.404 e. The van der Waals surface area contributed by atoms with E-state index in [9.17, 15) is 4.79 Å². The van der Waals surface area contributed by atoms with Gasteiger partial charge in [-0.25, -0.2) is 9.78 Å². The normalized spacial score (nSPS) is 22.7. The molecule has 0 spiro atoms. The first-order chi connectivity index (χ1) is 13.7. The van der Waals surface area contributed by atoms with Crippen molar-refractivity contribution in [2.75, 3.05) is 10.6 Å². The van der Waals surface area contributed by atoms with Gasteiger partial charge in [0.15, 0.2) is 5.82 Å². The average molecular weight is 385 g/mol. The molecule has 2 saturated carbocycles. The number of carbonyl (C=O) groups excluding carboxylic acids is 1. The maximum Gasteiger partial charge on any atom is 0.404 e. The van der Waals surface area contributed by atoms with E-state index in [0.29, 0.717) is 17.7 Å². The van der Waals surface area contributed by atoms with Crippen molar-refractivity contribution >= 4 is 23.7 Å². The number of primary amides is 1. The molecule has 2 aliphatic rings. The largest absolute Gasteiger partial charge is 0.446 e. The predicted octanol–water partition coefficient (Wildman–Crippen LogP) is 3.42. The van der Waals surface area contributed by atoms with E-state index in [0.717, 1.165) is 31.5 Å². The molecule has 2 heterocycles. The minimum Gasteiger partial charge on any atom is -0.446 e. The second-order valence-corrected chi connectivity index (χ2v) is 7.64. The van der Waals surface area contributed by atoms with Crippen LogP contribution in [0.4, 0.5) is 22.4 Å². The van der Waals surface area contributed by atoms with Crippen LogP contribution in [0, 0.1) is 0 Å². The molecule has 0 aromatic carbocycles. The number of aromatic nitrogens is 4. The van der Waals surface area contributed by atoms with E-state index >= 15 is 0 Å². The molecule has 0 atom stereocenters. The molecule has 2 aliphatic carbocycles. The Hall–Kier alpha value is -2.84. The molecule has 4 rings (SSSR count). The van der Waals surface area contributed by atoms with Crippen molar-refractivity contribution in [1.29, 1.82) is 0 Å². The van der Waals surface area contributed by atoms with Gasteiger partial charge in [-0.1, -0.05) is 12.8 Å². The fourth-order valence-electron chi connectivity index (χ4n) is 4.15. The number of hydrogen-bond donors (Lipinski definition) is 4. The van der Waals surface area contributed by atoms with E-state index in [2.05, 4.69) is 36.9 Å². The summed E-state index contributed by atoms with van der Waals surface area (Å²) in [5.41, 5.74) is 6.28. The molecular formula is C19H27N7O2. The number of rotatable bonds is 6. The van der Waals surface area contributed by atoms with Gasteiger partial charge in [0.05, 0.1) is 0 Å². The lowest BCUT2D eigenvalue weighted by Crippen LogP contribution is -2.32. The van der Waals surface area contributed by atoms with Crippen LogP contribution >= 0.6 is 0 Å². The van der Waals surface area contributed by atoms with Gasteiger partial charge in [-0.2, -0.15) is 10.1 Å². The number of ether oxygens (including phenoxy) is 1. The van der Waals surface area contributed by atoms with Gasteiger partial charge in [0.25, 0.3) is 0 Å². The molecule has 0 aliphatic heterocycles. The van der Waals surface area contributed by atoms with Gasteiger partial charge in [-0.3, -0.25) is 5.10 Å². The van der Waals surface area contributed by atoms with Gasteiger partial charge in [-0.05, 0) is 44.6 Å². The molecule has 1 amide bonds. The highest BCUT2D eigenvalue weighted by molar-refractivity contribution is 5.64. The number of anilines is 3. The van der Waals surface area contributed by atoms with Gasteiger partial charge in [-0.15, -0.1) is 0 Å². The second-order valence-electron chi connectivity index (χ2n) is 7.64. The van der Waals surface area contributed by atoms with E-state index in [4.69, 9.17) is 10.5 Å². The first-order valence-electron chi connectivity index (χ1n) is 10.0. The lowest BCUT2D eigenvalue weighted by atomic mass is 9.93.